The second kappa shape index (κ2) is 4.81. The number of nitrogens with zero attached hydrogens (tertiary/aromatic N) is 1. The first-order valence-corrected chi connectivity index (χ1v) is 7.95. The van der Waals surface area contributed by atoms with Gasteiger partial charge >= 0.3 is 0 Å². The lowest BCUT2D eigenvalue weighted by Crippen LogP contribution is -2.35. The second-order valence-electron chi connectivity index (χ2n) is 5.84. The molecule has 1 aliphatic carbocycles. The monoisotopic (exact) mass is 254 g/mol. The number of carbonyl (C=O) groups is 1. The van der Waals surface area contributed by atoms with Gasteiger partial charge in [-0.25, -0.2) is 0 Å². The fourth-order valence-corrected chi connectivity index (χ4v) is 4.87. The first kappa shape index (κ1) is 11.8. The van der Waals surface area contributed by atoms with Crippen molar-refractivity contribution in [3.63, 3.8) is 0 Å². The van der Waals surface area contributed by atoms with Gasteiger partial charge in [0.1, 0.15) is 0 Å². The van der Waals surface area contributed by atoms with E-state index in [1.54, 1.807) is 0 Å². The van der Waals surface area contributed by atoms with E-state index >= 15 is 0 Å². The third-order valence-corrected chi connectivity index (χ3v) is 5.97. The van der Waals surface area contributed by atoms with Gasteiger partial charge in [-0.15, -0.1) is 11.8 Å². The van der Waals surface area contributed by atoms with Crippen LogP contribution in [0.15, 0.2) is 0 Å². The van der Waals surface area contributed by atoms with E-state index in [9.17, 15) is 4.79 Å². The lowest BCUT2D eigenvalue weighted by Gasteiger charge is -2.27. The van der Waals surface area contributed by atoms with Crippen LogP contribution in [0.3, 0.4) is 0 Å². The van der Waals surface area contributed by atoms with Crippen LogP contribution in [0.1, 0.15) is 32.1 Å². The maximum Gasteiger partial charge on any atom is 0.235 e. The maximum absolute atomic E-state index is 12.3. The van der Waals surface area contributed by atoms with Crippen LogP contribution < -0.4 is 5.73 Å². The Labute approximate surface area is 107 Å². The molecule has 96 valence electrons. The lowest BCUT2D eigenvalue weighted by atomic mass is 9.79. The summed E-state index contributed by atoms with van der Waals surface area (Å²) in [5, 5.41) is 0.267. The van der Waals surface area contributed by atoms with E-state index in [0.29, 0.717) is 17.9 Å². The molecule has 1 saturated carbocycles. The zero-order valence-corrected chi connectivity index (χ0v) is 11.1. The molecular formula is C13H22N2OS. The van der Waals surface area contributed by atoms with Crippen molar-refractivity contribution in [2.45, 2.75) is 43.4 Å². The molecule has 0 aromatic rings. The number of carbonyl (C=O) groups excluding carboxylic acids is 1. The van der Waals surface area contributed by atoms with Gasteiger partial charge in [0.15, 0.2) is 0 Å². The Morgan fingerprint density at radius 1 is 1.18 bits per heavy atom. The van der Waals surface area contributed by atoms with Gasteiger partial charge in [-0.05, 0) is 49.7 Å². The van der Waals surface area contributed by atoms with Crippen LogP contribution >= 0.6 is 11.8 Å². The van der Waals surface area contributed by atoms with Gasteiger partial charge in [0.2, 0.25) is 5.91 Å². The number of nitrogens with two attached hydrogens (primary N) is 1. The Hall–Kier alpha value is -0.220. The Bertz CT molecular complexity index is 304. The van der Waals surface area contributed by atoms with Gasteiger partial charge in [0, 0.05) is 19.1 Å². The third-order valence-electron chi connectivity index (χ3n) is 4.61. The topological polar surface area (TPSA) is 46.3 Å². The van der Waals surface area contributed by atoms with Gasteiger partial charge in [-0.3, -0.25) is 4.79 Å². The molecule has 0 aromatic heterocycles. The predicted molar refractivity (Wildman–Crippen MR) is 70.9 cm³/mol. The molecule has 0 aromatic carbocycles. The highest BCUT2D eigenvalue weighted by Crippen LogP contribution is 2.37. The molecule has 3 nitrogen and oxygen atoms in total. The first-order valence-electron chi connectivity index (χ1n) is 6.90. The van der Waals surface area contributed by atoms with Crippen molar-refractivity contribution < 1.29 is 4.79 Å². The highest BCUT2D eigenvalue weighted by molar-refractivity contribution is 8.00. The number of fused-ring (bicyclic) bond motifs is 1. The Morgan fingerprint density at radius 2 is 2.00 bits per heavy atom. The maximum atomic E-state index is 12.3. The minimum absolute atomic E-state index is 0.267. The molecule has 2 unspecified atom stereocenters. The third kappa shape index (κ3) is 2.34. The van der Waals surface area contributed by atoms with Crippen LogP contribution in [0, 0.1) is 11.8 Å². The number of hydrogen-bond acceptors (Lipinski definition) is 3. The normalized spacial score (nSPS) is 41.6. The molecule has 17 heavy (non-hydrogen) atoms. The number of thioether (sulfide) groups is 1. The number of rotatable bonds is 1. The van der Waals surface area contributed by atoms with Gasteiger partial charge in [0.25, 0.3) is 0 Å². The molecule has 0 spiro atoms. The smallest absolute Gasteiger partial charge is 0.235 e. The van der Waals surface area contributed by atoms with E-state index < -0.39 is 0 Å². The quantitative estimate of drug-likeness (QED) is 0.771. The van der Waals surface area contributed by atoms with Crippen molar-refractivity contribution >= 4 is 17.7 Å². The molecule has 0 radical (unpaired) electrons. The Kier molecular flexibility index (Phi) is 3.35. The molecule has 1 amide bonds. The van der Waals surface area contributed by atoms with Crippen LogP contribution in [0.25, 0.3) is 0 Å². The molecule has 4 heteroatoms. The molecule has 2 heterocycles. The molecule has 4 atom stereocenters. The van der Waals surface area contributed by atoms with Gasteiger partial charge in [-0.2, -0.15) is 0 Å². The van der Waals surface area contributed by atoms with Crippen molar-refractivity contribution in [2.24, 2.45) is 17.6 Å². The molecule has 3 aliphatic rings. The fraction of sp³-hybridized carbons (Fsp3) is 0.923. The first-order chi connectivity index (χ1) is 8.24. The SMILES string of the molecule is NC1CC[C@@H]2CN(C(=O)C3CCCS3)C[C@@H]2C1. The lowest BCUT2D eigenvalue weighted by molar-refractivity contribution is -0.129. The standard InChI is InChI=1S/C13H22N2OS/c14-11-4-3-9-7-15(8-10(9)6-11)13(16)12-2-1-5-17-12/h9-12H,1-8,14H2/t9-,10+,11?,12?/m1/s1. The highest BCUT2D eigenvalue weighted by atomic mass is 32.2. The van der Waals surface area contributed by atoms with E-state index in [-0.39, 0.29) is 5.25 Å². The Balaban J connectivity index is 1.61. The molecule has 2 aliphatic heterocycles. The van der Waals surface area contributed by atoms with Crippen molar-refractivity contribution in [3.05, 3.63) is 0 Å². The van der Waals surface area contributed by atoms with Gasteiger partial charge < -0.3 is 10.6 Å². The summed E-state index contributed by atoms with van der Waals surface area (Å²) in [6.07, 6.45) is 5.82. The van der Waals surface area contributed by atoms with Crippen LogP contribution in [0.5, 0.6) is 0 Å². The summed E-state index contributed by atoms with van der Waals surface area (Å²) in [7, 11) is 0. The van der Waals surface area contributed by atoms with Gasteiger partial charge in [-0.1, -0.05) is 0 Å². The number of hydrogen-bond donors (Lipinski definition) is 1. The summed E-state index contributed by atoms with van der Waals surface area (Å²) < 4.78 is 0. The summed E-state index contributed by atoms with van der Waals surface area (Å²) in [4.78, 5) is 14.5. The Morgan fingerprint density at radius 3 is 2.76 bits per heavy atom. The van der Waals surface area contributed by atoms with E-state index in [2.05, 4.69) is 4.90 Å². The van der Waals surface area contributed by atoms with Crippen molar-refractivity contribution in [1.82, 2.24) is 4.90 Å². The summed E-state index contributed by atoms with van der Waals surface area (Å²) in [6, 6.07) is 0.382. The average molecular weight is 254 g/mol. The molecule has 0 bridgehead atoms. The average Bonchev–Trinajstić information content (AvgIpc) is 2.96. The van der Waals surface area contributed by atoms with Crippen LogP contribution in [-0.2, 0) is 4.79 Å². The largest absolute Gasteiger partial charge is 0.341 e. The van der Waals surface area contributed by atoms with E-state index in [0.717, 1.165) is 38.3 Å². The number of likely N-dealkylation sites (tertiary alicyclic amines) is 1. The number of amides is 1. The molecule has 3 rings (SSSR count). The molecule has 2 saturated heterocycles. The zero-order chi connectivity index (χ0) is 11.8. The summed E-state index contributed by atoms with van der Waals surface area (Å²) in [5.74, 6) is 3.01. The summed E-state index contributed by atoms with van der Waals surface area (Å²) in [6.45, 7) is 1.99. The van der Waals surface area contributed by atoms with Crippen LogP contribution in [0.2, 0.25) is 0 Å². The van der Waals surface area contributed by atoms with E-state index in [1.807, 2.05) is 11.8 Å². The predicted octanol–water partition coefficient (Wildman–Crippen LogP) is 1.47. The van der Waals surface area contributed by atoms with Crippen molar-refractivity contribution in [3.8, 4) is 0 Å². The fourth-order valence-electron chi connectivity index (χ4n) is 3.62. The molecular weight excluding hydrogens is 232 g/mol. The summed E-state index contributed by atoms with van der Waals surface area (Å²) >= 11 is 1.86. The van der Waals surface area contributed by atoms with Crippen molar-refractivity contribution in [1.29, 1.82) is 0 Å². The molecule has 2 N–H and O–H groups in total. The van der Waals surface area contributed by atoms with Crippen molar-refractivity contribution in [2.75, 3.05) is 18.8 Å². The van der Waals surface area contributed by atoms with E-state index in [4.69, 9.17) is 5.73 Å². The minimum Gasteiger partial charge on any atom is -0.341 e. The molecule has 3 fully saturated rings. The minimum atomic E-state index is 0.267. The van der Waals surface area contributed by atoms with E-state index in [1.165, 1.54) is 18.6 Å². The second-order valence-corrected chi connectivity index (χ2v) is 7.15. The highest BCUT2D eigenvalue weighted by Gasteiger charge is 2.40. The van der Waals surface area contributed by atoms with Gasteiger partial charge in [0.05, 0.1) is 5.25 Å². The van der Waals surface area contributed by atoms with Crippen LogP contribution in [-0.4, -0.2) is 40.9 Å². The summed E-state index contributed by atoms with van der Waals surface area (Å²) in [5.41, 5.74) is 6.03. The van der Waals surface area contributed by atoms with Crippen LogP contribution in [0.4, 0.5) is 0 Å². The zero-order valence-electron chi connectivity index (χ0n) is 10.3.